The van der Waals surface area contributed by atoms with Gasteiger partial charge in [0, 0.05) is 12.1 Å². The monoisotopic (exact) mass is 253 g/mol. The van der Waals surface area contributed by atoms with Gasteiger partial charge in [0.15, 0.2) is 0 Å². The Balaban J connectivity index is 2.36. The molecule has 1 heterocycles. The lowest BCUT2D eigenvalue weighted by Crippen LogP contribution is -2.37. The van der Waals surface area contributed by atoms with E-state index in [1.165, 1.54) is 0 Å². The Kier molecular flexibility index (Phi) is 5.35. The van der Waals surface area contributed by atoms with Gasteiger partial charge in [-0.1, -0.05) is 12.1 Å². The molecule has 0 aliphatic rings. The van der Waals surface area contributed by atoms with Gasteiger partial charge in [-0.25, -0.2) is 0 Å². The molecule has 1 aromatic rings. The zero-order valence-electron chi connectivity index (χ0n) is 11.0. The lowest BCUT2D eigenvalue weighted by Gasteiger charge is -2.05. The average molecular weight is 253 g/mol. The van der Waals surface area contributed by atoms with Crippen molar-refractivity contribution < 1.29 is 14.1 Å². The van der Waals surface area contributed by atoms with Crippen LogP contribution in [0.3, 0.4) is 0 Å². The summed E-state index contributed by atoms with van der Waals surface area (Å²) in [7, 11) is 0. The Morgan fingerprint density at radius 1 is 1.22 bits per heavy atom. The van der Waals surface area contributed by atoms with Crippen molar-refractivity contribution in [3.8, 4) is 0 Å². The molecule has 0 aliphatic heterocycles. The van der Waals surface area contributed by atoms with Crippen LogP contribution in [0.2, 0.25) is 0 Å². The second-order valence-electron chi connectivity index (χ2n) is 4.11. The van der Waals surface area contributed by atoms with Gasteiger partial charge in [-0.05, 0) is 20.3 Å². The number of nitrogens with one attached hydrogen (secondary N) is 2. The molecular formula is C12H19N3O3. The zero-order valence-corrected chi connectivity index (χ0v) is 11.0. The van der Waals surface area contributed by atoms with Gasteiger partial charge in [-0.3, -0.25) is 9.59 Å². The van der Waals surface area contributed by atoms with Crippen molar-refractivity contribution in [1.29, 1.82) is 0 Å². The second kappa shape index (κ2) is 6.78. The van der Waals surface area contributed by atoms with E-state index in [9.17, 15) is 9.59 Å². The summed E-state index contributed by atoms with van der Waals surface area (Å²) >= 11 is 0. The number of hydrogen-bond acceptors (Lipinski definition) is 4. The van der Waals surface area contributed by atoms with Crippen LogP contribution >= 0.6 is 0 Å². The Morgan fingerprint density at radius 3 is 2.50 bits per heavy atom. The van der Waals surface area contributed by atoms with Crippen molar-refractivity contribution in [3.05, 3.63) is 17.0 Å². The van der Waals surface area contributed by atoms with Crippen LogP contribution < -0.4 is 10.6 Å². The van der Waals surface area contributed by atoms with Gasteiger partial charge in [0.05, 0.1) is 18.7 Å². The first kappa shape index (κ1) is 14.2. The molecule has 100 valence electrons. The van der Waals surface area contributed by atoms with Gasteiger partial charge in [0.2, 0.25) is 11.8 Å². The molecular weight excluding hydrogens is 234 g/mol. The van der Waals surface area contributed by atoms with Crippen LogP contribution in [0.5, 0.6) is 0 Å². The molecule has 18 heavy (non-hydrogen) atoms. The van der Waals surface area contributed by atoms with E-state index in [1.807, 2.05) is 6.92 Å². The van der Waals surface area contributed by atoms with Crippen molar-refractivity contribution in [3.63, 3.8) is 0 Å². The fourth-order valence-electron chi connectivity index (χ4n) is 1.48. The SMILES string of the molecule is CCCNC(=O)CNC(=O)Cc1c(C)noc1C. The first-order chi connectivity index (χ1) is 8.54. The van der Waals surface area contributed by atoms with Crippen LogP contribution in [-0.4, -0.2) is 30.1 Å². The van der Waals surface area contributed by atoms with Crippen LogP contribution in [0.4, 0.5) is 0 Å². The highest BCUT2D eigenvalue weighted by Gasteiger charge is 2.13. The van der Waals surface area contributed by atoms with Crippen LogP contribution in [0.1, 0.15) is 30.4 Å². The Hall–Kier alpha value is -1.85. The molecule has 0 aromatic carbocycles. The summed E-state index contributed by atoms with van der Waals surface area (Å²) in [6.45, 7) is 6.14. The van der Waals surface area contributed by atoms with E-state index >= 15 is 0 Å². The van der Waals surface area contributed by atoms with E-state index in [-0.39, 0.29) is 24.8 Å². The number of aromatic nitrogens is 1. The molecule has 6 nitrogen and oxygen atoms in total. The van der Waals surface area contributed by atoms with E-state index in [1.54, 1.807) is 13.8 Å². The quantitative estimate of drug-likeness (QED) is 0.772. The number of nitrogens with zero attached hydrogens (tertiary/aromatic N) is 1. The number of amides is 2. The fourth-order valence-corrected chi connectivity index (χ4v) is 1.48. The molecule has 2 N–H and O–H groups in total. The first-order valence-corrected chi connectivity index (χ1v) is 5.99. The Morgan fingerprint density at radius 2 is 1.94 bits per heavy atom. The summed E-state index contributed by atoms with van der Waals surface area (Å²) in [5, 5.41) is 9.02. The molecule has 6 heteroatoms. The van der Waals surface area contributed by atoms with Gasteiger partial charge in [0.25, 0.3) is 0 Å². The molecule has 1 rings (SSSR count). The summed E-state index contributed by atoms with van der Waals surface area (Å²) in [5.74, 6) is 0.248. The van der Waals surface area contributed by atoms with Gasteiger partial charge in [-0.2, -0.15) is 0 Å². The molecule has 2 amide bonds. The molecule has 0 radical (unpaired) electrons. The number of carbonyl (C=O) groups excluding carboxylic acids is 2. The third-order valence-corrected chi connectivity index (χ3v) is 2.54. The molecule has 0 atom stereocenters. The van der Waals surface area contributed by atoms with Crippen molar-refractivity contribution in [1.82, 2.24) is 15.8 Å². The van der Waals surface area contributed by atoms with E-state index in [2.05, 4.69) is 15.8 Å². The minimum absolute atomic E-state index is 0.00219. The minimum Gasteiger partial charge on any atom is -0.361 e. The second-order valence-corrected chi connectivity index (χ2v) is 4.11. The summed E-state index contributed by atoms with van der Waals surface area (Å²) in [4.78, 5) is 22.9. The highest BCUT2D eigenvalue weighted by atomic mass is 16.5. The molecule has 0 unspecified atom stereocenters. The molecule has 0 bridgehead atoms. The highest BCUT2D eigenvalue weighted by molar-refractivity contribution is 5.85. The third kappa shape index (κ3) is 4.20. The number of hydrogen-bond donors (Lipinski definition) is 2. The predicted molar refractivity (Wildman–Crippen MR) is 66.0 cm³/mol. The van der Waals surface area contributed by atoms with Crippen LogP contribution in [0.25, 0.3) is 0 Å². The van der Waals surface area contributed by atoms with Crippen molar-refractivity contribution in [2.45, 2.75) is 33.6 Å². The lowest BCUT2D eigenvalue weighted by molar-refractivity contribution is -0.125. The van der Waals surface area contributed by atoms with E-state index in [4.69, 9.17) is 4.52 Å². The molecule has 0 fully saturated rings. The normalized spacial score (nSPS) is 10.2. The van der Waals surface area contributed by atoms with E-state index in [0.29, 0.717) is 18.0 Å². The molecule has 0 aliphatic carbocycles. The van der Waals surface area contributed by atoms with Gasteiger partial charge in [0.1, 0.15) is 5.76 Å². The molecule has 0 saturated heterocycles. The standard InChI is InChI=1S/C12H19N3O3/c1-4-5-13-12(17)7-14-11(16)6-10-8(2)15-18-9(10)3/h4-7H2,1-3H3,(H,13,17)(H,14,16). The molecule has 0 saturated carbocycles. The van der Waals surface area contributed by atoms with E-state index in [0.717, 1.165) is 12.0 Å². The highest BCUT2D eigenvalue weighted by Crippen LogP contribution is 2.12. The third-order valence-electron chi connectivity index (χ3n) is 2.54. The van der Waals surface area contributed by atoms with Crippen molar-refractivity contribution in [2.75, 3.05) is 13.1 Å². The number of aryl methyl sites for hydroxylation is 2. The Bertz CT molecular complexity index is 407. The van der Waals surface area contributed by atoms with Crippen LogP contribution in [-0.2, 0) is 16.0 Å². The largest absolute Gasteiger partial charge is 0.361 e. The van der Waals surface area contributed by atoms with Crippen molar-refractivity contribution in [2.24, 2.45) is 0 Å². The maximum atomic E-state index is 11.6. The summed E-state index contributed by atoms with van der Waals surface area (Å²) < 4.78 is 4.97. The Labute approximate surface area is 106 Å². The van der Waals surface area contributed by atoms with Gasteiger partial charge >= 0.3 is 0 Å². The van der Waals surface area contributed by atoms with Crippen LogP contribution in [0, 0.1) is 13.8 Å². The zero-order chi connectivity index (χ0) is 13.5. The predicted octanol–water partition coefficient (Wildman–Crippen LogP) is 0.476. The minimum atomic E-state index is -0.212. The maximum absolute atomic E-state index is 11.6. The maximum Gasteiger partial charge on any atom is 0.239 e. The van der Waals surface area contributed by atoms with Gasteiger partial charge < -0.3 is 15.2 Å². The number of carbonyl (C=O) groups is 2. The molecule has 1 aromatic heterocycles. The van der Waals surface area contributed by atoms with E-state index < -0.39 is 0 Å². The summed E-state index contributed by atoms with van der Waals surface area (Å²) in [6.07, 6.45) is 1.06. The lowest BCUT2D eigenvalue weighted by atomic mass is 10.1. The summed E-state index contributed by atoms with van der Waals surface area (Å²) in [6, 6.07) is 0. The smallest absolute Gasteiger partial charge is 0.239 e. The topological polar surface area (TPSA) is 84.2 Å². The molecule has 0 spiro atoms. The van der Waals surface area contributed by atoms with Crippen molar-refractivity contribution >= 4 is 11.8 Å². The first-order valence-electron chi connectivity index (χ1n) is 5.99. The number of rotatable bonds is 6. The average Bonchev–Trinajstić information content (AvgIpc) is 2.65. The van der Waals surface area contributed by atoms with Crippen LogP contribution in [0.15, 0.2) is 4.52 Å². The summed E-state index contributed by atoms with van der Waals surface area (Å²) in [5.41, 5.74) is 1.49. The van der Waals surface area contributed by atoms with Gasteiger partial charge in [-0.15, -0.1) is 0 Å². The fraction of sp³-hybridized carbons (Fsp3) is 0.583.